The highest BCUT2D eigenvalue weighted by atomic mass is 32.1. The van der Waals surface area contributed by atoms with Gasteiger partial charge in [-0.2, -0.15) is 0 Å². The first-order chi connectivity index (χ1) is 11.5. The van der Waals surface area contributed by atoms with Crippen molar-refractivity contribution in [2.24, 2.45) is 0 Å². The Kier molecular flexibility index (Phi) is 4.53. The summed E-state index contributed by atoms with van der Waals surface area (Å²) in [6, 6.07) is 7.13. The summed E-state index contributed by atoms with van der Waals surface area (Å²) in [6.07, 6.45) is 0. The van der Waals surface area contributed by atoms with Crippen molar-refractivity contribution in [3.63, 3.8) is 0 Å². The Morgan fingerprint density at radius 3 is 2.79 bits per heavy atom. The number of hydrogen-bond acceptors (Lipinski definition) is 4. The van der Waals surface area contributed by atoms with Crippen LogP contribution in [-0.2, 0) is 11.3 Å². The van der Waals surface area contributed by atoms with Crippen LogP contribution in [0.4, 0.5) is 0 Å². The van der Waals surface area contributed by atoms with E-state index >= 15 is 0 Å². The molecular weight excluding hydrogens is 324 g/mol. The van der Waals surface area contributed by atoms with Crippen molar-refractivity contribution < 1.29 is 4.79 Å². The van der Waals surface area contributed by atoms with Gasteiger partial charge in [0.25, 0.3) is 0 Å². The van der Waals surface area contributed by atoms with Gasteiger partial charge in [0.15, 0.2) is 0 Å². The number of H-pyrrole nitrogens is 1. The van der Waals surface area contributed by atoms with E-state index in [-0.39, 0.29) is 24.2 Å². The molecule has 0 saturated heterocycles. The minimum Gasteiger partial charge on any atom is -0.346 e. The third-order valence-electron chi connectivity index (χ3n) is 3.84. The quantitative estimate of drug-likeness (QED) is 0.747. The van der Waals surface area contributed by atoms with E-state index < -0.39 is 0 Å². The monoisotopic (exact) mass is 344 g/mol. The smallest absolute Gasteiger partial charge is 0.326 e. The molecule has 0 aliphatic rings. The zero-order valence-electron chi connectivity index (χ0n) is 13.9. The highest BCUT2D eigenvalue weighted by Crippen LogP contribution is 2.22. The fourth-order valence-corrected chi connectivity index (χ4v) is 3.46. The number of para-hydroxylation sites is 2. The second kappa shape index (κ2) is 6.60. The summed E-state index contributed by atoms with van der Waals surface area (Å²) in [5.41, 5.74) is 2.02. The number of aromatic nitrogens is 3. The molecular formula is C17H20N4O2S. The molecule has 3 rings (SSSR count). The number of thiazole rings is 1. The van der Waals surface area contributed by atoms with Gasteiger partial charge in [-0.1, -0.05) is 26.0 Å². The zero-order valence-corrected chi connectivity index (χ0v) is 14.7. The van der Waals surface area contributed by atoms with E-state index in [1.165, 1.54) is 4.57 Å². The van der Waals surface area contributed by atoms with Crippen LogP contribution in [0.15, 0.2) is 34.4 Å². The lowest BCUT2D eigenvalue weighted by Gasteiger charge is -2.12. The Morgan fingerprint density at radius 2 is 2.08 bits per heavy atom. The normalized spacial score (nSPS) is 12.7. The summed E-state index contributed by atoms with van der Waals surface area (Å²) in [4.78, 5) is 31.7. The topological polar surface area (TPSA) is 79.8 Å². The molecule has 0 fully saturated rings. The number of aromatic amines is 1. The Bertz CT molecular complexity index is 922. The third-order valence-corrected chi connectivity index (χ3v) is 5.00. The second-order valence-corrected chi connectivity index (χ2v) is 6.98. The van der Waals surface area contributed by atoms with Crippen LogP contribution in [0.25, 0.3) is 11.0 Å². The van der Waals surface area contributed by atoms with Gasteiger partial charge in [-0.25, -0.2) is 9.78 Å². The Balaban J connectivity index is 1.72. The van der Waals surface area contributed by atoms with E-state index in [2.05, 4.69) is 29.1 Å². The van der Waals surface area contributed by atoms with Crippen LogP contribution in [0, 0.1) is 0 Å². The van der Waals surface area contributed by atoms with Crippen LogP contribution in [0.2, 0.25) is 0 Å². The SMILES string of the molecule is CC(C)c1nc(C(C)NC(=O)Cn2c(=O)[nH]c3ccccc32)cs1. The number of hydrogen-bond donors (Lipinski definition) is 2. The number of benzene rings is 1. The first-order valence-corrected chi connectivity index (χ1v) is 8.76. The number of carbonyl (C=O) groups is 1. The molecule has 3 aromatic rings. The lowest BCUT2D eigenvalue weighted by molar-refractivity contribution is -0.122. The van der Waals surface area contributed by atoms with E-state index in [4.69, 9.17) is 0 Å². The fraction of sp³-hybridized carbons (Fsp3) is 0.353. The number of nitrogens with zero attached hydrogens (tertiary/aromatic N) is 2. The number of amides is 1. The van der Waals surface area contributed by atoms with Gasteiger partial charge in [-0.15, -0.1) is 11.3 Å². The van der Waals surface area contributed by atoms with E-state index in [1.807, 2.05) is 36.6 Å². The third kappa shape index (κ3) is 3.26. The van der Waals surface area contributed by atoms with Gasteiger partial charge in [-0.05, 0) is 19.1 Å². The van der Waals surface area contributed by atoms with Crippen molar-refractivity contribution in [1.82, 2.24) is 19.9 Å². The maximum atomic E-state index is 12.3. The number of carbonyl (C=O) groups excluding carboxylic acids is 1. The minimum atomic E-state index is -0.283. The average molecular weight is 344 g/mol. The molecule has 7 heteroatoms. The van der Waals surface area contributed by atoms with E-state index in [0.29, 0.717) is 5.92 Å². The number of nitrogens with one attached hydrogen (secondary N) is 2. The summed E-state index contributed by atoms with van der Waals surface area (Å²) >= 11 is 1.60. The lowest BCUT2D eigenvalue weighted by Crippen LogP contribution is -2.33. The number of fused-ring (bicyclic) bond motifs is 1. The van der Waals surface area contributed by atoms with Crippen LogP contribution in [-0.4, -0.2) is 20.4 Å². The van der Waals surface area contributed by atoms with Gasteiger partial charge in [0.1, 0.15) is 6.54 Å². The molecule has 6 nitrogen and oxygen atoms in total. The highest BCUT2D eigenvalue weighted by Gasteiger charge is 2.16. The standard InChI is InChI=1S/C17H20N4O2S/c1-10(2)16-19-13(9-24-16)11(3)18-15(22)8-21-14-7-5-4-6-12(14)20-17(21)23/h4-7,9-11H,8H2,1-3H3,(H,18,22)(H,20,23). The summed E-state index contributed by atoms with van der Waals surface area (Å²) in [6.45, 7) is 6.06. The number of rotatable bonds is 5. The molecule has 2 aromatic heterocycles. The molecule has 1 aromatic carbocycles. The van der Waals surface area contributed by atoms with Gasteiger partial charge in [0, 0.05) is 11.3 Å². The first-order valence-electron chi connectivity index (χ1n) is 7.88. The van der Waals surface area contributed by atoms with Crippen LogP contribution in [0.5, 0.6) is 0 Å². The summed E-state index contributed by atoms with van der Waals surface area (Å²) in [7, 11) is 0. The summed E-state index contributed by atoms with van der Waals surface area (Å²) < 4.78 is 1.44. The molecule has 0 spiro atoms. The maximum Gasteiger partial charge on any atom is 0.326 e. The highest BCUT2D eigenvalue weighted by molar-refractivity contribution is 7.09. The van der Waals surface area contributed by atoms with E-state index in [0.717, 1.165) is 21.7 Å². The molecule has 1 amide bonds. The Hall–Kier alpha value is -2.41. The molecule has 2 heterocycles. The van der Waals surface area contributed by atoms with Crippen molar-refractivity contribution >= 4 is 28.3 Å². The predicted octanol–water partition coefficient (Wildman–Crippen LogP) is 2.79. The van der Waals surface area contributed by atoms with Crippen molar-refractivity contribution in [3.8, 4) is 0 Å². The minimum absolute atomic E-state index is 0.0195. The molecule has 24 heavy (non-hydrogen) atoms. The predicted molar refractivity (Wildman–Crippen MR) is 95.3 cm³/mol. The van der Waals surface area contributed by atoms with Gasteiger partial charge in [0.05, 0.1) is 27.8 Å². The van der Waals surface area contributed by atoms with Crippen molar-refractivity contribution in [3.05, 3.63) is 50.8 Å². The van der Waals surface area contributed by atoms with Gasteiger partial charge in [0.2, 0.25) is 5.91 Å². The molecule has 2 N–H and O–H groups in total. The van der Waals surface area contributed by atoms with Crippen LogP contribution in [0.3, 0.4) is 0 Å². The van der Waals surface area contributed by atoms with Crippen LogP contribution < -0.4 is 11.0 Å². The van der Waals surface area contributed by atoms with Gasteiger partial charge in [-0.3, -0.25) is 9.36 Å². The first kappa shape index (κ1) is 16.4. The molecule has 0 radical (unpaired) electrons. The van der Waals surface area contributed by atoms with E-state index in [1.54, 1.807) is 11.3 Å². The molecule has 1 unspecified atom stereocenters. The Morgan fingerprint density at radius 1 is 1.33 bits per heavy atom. The lowest BCUT2D eigenvalue weighted by atomic mass is 10.2. The maximum absolute atomic E-state index is 12.3. The molecule has 0 aliphatic heterocycles. The van der Waals surface area contributed by atoms with Crippen molar-refractivity contribution in [2.75, 3.05) is 0 Å². The van der Waals surface area contributed by atoms with Crippen LogP contribution in [0.1, 0.15) is 43.4 Å². The van der Waals surface area contributed by atoms with Crippen LogP contribution >= 0.6 is 11.3 Å². The zero-order chi connectivity index (χ0) is 17.3. The van der Waals surface area contributed by atoms with E-state index in [9.17, 15) is 9.59 Å². The van der Waals surface area contributed by atoms with Gasteiger partial charge >= 0.3 is 5.69 Å². The Labute approximate surface area is 143 Å². The molecule has 0 bridgehead atoms. The second-order valence-electron chi connectivity index (χ2n) is 6.09. The molecule has 1 atom stereocenters. The van der Waals surface area contributed by atoms with Crippen molar-refractivity contribution in [1.29, 1.82) is 0 Å². The summed E-state index contributed by atoms with van der Waals surface area (Å²) in [5.74, 6) is 0.157. The molecule has 126 valence electrons. The van der Waals surface area contributed by atoms with Gasteiger partial charge < -0.3 is 10.3 Å². The summed E-state index contributed by atoms with van der Waals surface area (Å²) in [5, 5.41) is 5.94. The number of imidazole rings is 1. The average Bonchev–Trinajstić information content (AvgIpc) is 3.13. The van der Waals surface area contributed by atoms with Crippen molar-refractivity contribution in [2.45, 2.75) is 39.3 Å². The molecule has 0 saturated carbocycles. The largest absolute Gasteiger partial charge is 0.346 e. The fourth-order valence-electron chi connectivity index (χ4n) is 2.53. The molecule has 0 aliphatic carbocycles.